The van der Waals surface area contributed by atoms with Crippen LogP contribution < -0.4 is 0 Å². The third-order valence-electron chi connectivity index (χ3n) is 5.60. The minimum Gasteiger partial charge on any atom is -0.414 e. The summed E-state index contributed by atoms with van der Waals surface area (Å²) >= 11 is 0. The lowest BCUT2D eigenvalue weighted by molar-refractivity contribution is -0.122. The van der Waals surface area contributed by atoms with Crippen molar-refractivity contribution in [3.63, 3.8) is 0 Å². The first-order valence-corrected chi connectivity index (χ1v) is 11.8. The van der Waals surface area contributed by atoms with Gasteiger partial charge >= 0.3 is 0 Å². The van der Waals surface area contributed by atoms with Gasteiger partial charge in [0.15, 0.2) is 8.32 Å². The van der Waals surface area contributed by atoms with Crippen molar-refractivity contribution in [3.05, 3.63) is 0 Å². The van der Waals surface area contributed by atoms with Crippen LogP contribution in [0.2, 0.25) is 19.6 Å². The molecule has 0 aromatic rings. The standard InChI is InChI=1S/C17H32O2Si/c1-12(2)15-8-7-13(3)17(10-9-14(18)11-17)16(15)19-20(4,5)6/h12-13,15-16H,7-11H2,1-6H3/t13-,15-,16-,17+/m0/s1. The van der Waals surface area contributed by atoms with Gasteiger partial charge in [0, 0.05) is 18.3 Å². The van der Waals surface area contributed by atoms with Crippen molar-refractivity contribution in [1.82, 2.24) is 0 Å². The molecule has 0 radical (unpaired) electrons. The third-order valence-corrected chi connectivity index (χ3v) is 6.56. The van der Waals surface area contributed by atoms with Crippen LogP contribution >= 0.6 is 0 Å². The predicted molar refractivity (Wildman–Crippen MR) is 86.2 cm³/mol. The predicted octanol–water partition coefficient (Wildman–Crippen LogP) is 4.65. The SMILES string of the molecule is CC(C)[C@@H]1CC[C@H](C)[C@]2(CCC(=O)C2)[C@H]1O[Si](C)(C)C. The lowest BCUT2D eigenvalue weighted by Gasteiger charge is -2.52. The van der Waals surface area contributed by atoms with E-state index in [1.165, 1.54) is 12.8 Å². The molecule has 2 fully saturated rings. The lowest BCUT2D eigenvalue weighted by Crippen LogP contribution is -2.53. The summed E-state index contributed by atoms with van der Waals surface area (Å²) in [5.41, 5.74) is 0.143. The first-order valence-electron chi connectivity index (χ1n) is 8.35. The van der Waals surface area contributed by atoms with Crippen molar-refractivity contribution >= 4 is 14.1 Å². The third kappa shape index (κ3) is 3.04. The molecular weight excluding hydrogens is 264 g/mol. The largest absolute Gasteiger partial charge is 0.414 e. The Hall–Kier alpha value is -0.153. The van der Waals surface area contributed by atoms with Gasteiger partial charge in [0.1, 0.15) is 5.78 Å². The smallest absolute Gasteiger partial charge is 0.184 e. The van der Waals surface area contributed by atoms with Crippen molar-refractivity contribution in [2.75, 3.05) is 0 Å². The summed E-state index contributed by atoms with van der Waals surface area (Å²) in [5, 5.41) is 0. The van der Waals surface area contributed by atoms with Crippen LogP contribution in [0.4, 0.5) is 0 Å². The molecule has 0 aromatic heterocycles. The molecule has 116 valence electrons. The Bertz CT molecular complexity index is 372. The Balaban J connectivity index is 2.35. The van der Waals surface area contributed by atoms with Crippen LogP contribution in [0.5, 0.6) is 0 Å². The molecule has 3 heteroatoms. The van der Waals surface area contributed by atoms with E-state index in [2.05, 4.69) is 40.4 Å². The highest BCUT2D eigenvalue weighted by atomic mass is 28.4. The maximum absolute atomic E-state index is 12.0. The van der Waals surface area contributed by atoms with Crippen molar-refractivity contribution in [2.45, 2.75) is 78.6 Å². The van der Waals surface area contributed by atoms with Crippen molar-refractivity contribution in [2.24, 2.45) is 23.2 Å². The molecule has 0 unspecified atom stereocenters. The molecular formula is C17H32O2Si. The highest BCUT2D eigenvalue weighted by molar-refractivity contribution is 6.69. The van der Waals surface area contributed by atoms with Crippen LogP contribution in [0.25, 0.3) is 0 Å². The maximum Gasteiger partial charge on any atom is 0.184 e. The second-order valence-corrected chi connectivity index (χ2v) is 12.9. The normalized spacial score (nSPS) is 39.0. The molecule has 2 aliphatic rings. The molecule has 0 amide bonds. The van der Waals surface area contributed by atoms with Crippen LogP contribution in [-0.2, 0) is 9.22 Å². The number of hydrogen-bond donors (Lipinski definition) is 0. The fraction of sp³-hybridized carbons (Fsp3) is 0.941. The summed E-state index contributed by atoms with van der Waals surface area (Å²) in [5.74, 6) is 2.37. The van der Waals surface area contributed by atoms with Crippen LogP contribution in [-0.4, -0.2) is 20.2 Å². The Kier molecular flexibility index (Phi) is 4.51. The average Bonchev–Trinajstić information content (AvgIpc) is 2.67. The van der Waals surface area contributed by atoms with Gasteiger partial charge in [-0.1, -0.05) is 20.8 Å². The lowest BCUT2D eigenvalue weighted by atomic mass is 9.58. The van der Waals surface area contributed by atoms with Gasteiger partial charge in [-0.3, -0.25) is 4.79 Å². The minimum atomic E-state index is -1.59. The first-order chi connectivity index (χ1) is 9.16. The van der Waals surface area contributed by atoms with E-state index in [9.17, 15) is 4.79 Å². The number of carbonyl (C=O) groups is 1. The van der Waals surface area contributed by atoms with E-state index < -0.39 is 8.32 Å². The van der Waals surface area contributed by atoms with E-state index >= 15 is 0 Å². The van der Waals surface area contributed by atoms with Gasteiger partial charge in [-0.15, -0.1) is 0 Å². The monoisotopic (exact) mass is 296 g/mol. The zero-order valence-corrected chi connectivity index (χ0v) is 15.2. The van der Waals surface area contributed by atoms with E-state index in [0.29, 0.717) is 29.6 Å². The minimum absolute atomic E-state index is 0.143. The Morgan fingerprint density at radius 1 is 1.25 bits per heavy atom. The fourth-order valence-corrected chi connectivity index (χ4v) is 5.61. The van der Waals surface area contributed by atoms with Gasteiger partial charge in [0.2, 0.25) is 0 Å². The average molecular weight is 297 g/mol. The van der Waals surface area contributed by atoms with E-state index in [4.69, 9.17) is 4.43 Å². The van der Waals surface area contributed by atoms with Crippen molar-refractivity contribution < 1.29 is 9.22 Å². The second kappa shape index (κ2) is 5.56. The molecule has 0 bridgehead atoms. The Morgan fingerprint density at radius 3 is 2.35 bits per heavy atom. The summed E-state index contributed by atoms with van der Waals surface area (Å²) in [7, 11) is -1.59. The maximum atomic E-state index is 12.0. The molecule has 0 heterocycles. The first kappa shape index (κ1) is 16.2. The van der Waals surface area contributed by atoms with Gasteiger partial charge in [-0.05, 0) is 56.7 Å². The quantitative estimate of drug-likeness (QED) is 0.709. The number of rotatable bonds is 3. The summed E-state index contributed by atoms with van der Waals surface area (Å²) in [6.45, 7) is 13.9. The number of hydrogen-bond acceptors (Lipinski definition) is 2. The van der Waals surface area contributed by atoms with Crippen LogP contribution in [0, 0.1) is 23.2 Å². The highest BCUT2D eigenvalue weighted by Crippen LogP contribution is 2.56. The summed E-state index contributed by atoms with van der Waals surface area (Å²) < 4.78 is 6.70. The molecule has 2 nitrogen and oxygen atoms in total. The molecule has 2 rings (SSSR count). The molecule has 0 aliphatic heterocycles. The molecule has 2 saturated carbocycles. The molecule has 20 heavy (non-hydrogen) atoms. The summed E-state index contributed by atoms with van der Waals surface area (Å²) in [6.07, 6.45) is 5.45. The van der Waals surface area contributed by atoms with Gasteiger partial charge < -0.3 is 4.43 Å². The molecule has 4 atom stereocenters. The molecule has 0 N–H and O–H groups in total. The van der Waals surface area contributed by atoms with Gasteiger partial charge in [-0.25, -0.2) is 0 Å². The van der Waals surface area contributed by atoms with E-state index in [1.54, 1.807) is 0 Å². The van der Waals surface area contributed by atoms with E-state index in [0.717, 1.165) is 19.3 Å². The van der Waals surface area contributed by atoms with Crippen LogP contribution in [0.15, 0.2) is 0 Å². The zero-order valence-electron chi connectivity index (χ0n) is 14.2. The molecule has 2 aliphatic carbocycles. The van der Waals surface area contributed by atoms with Gasteiger partial charge in [0.05, 0.1) is 6.10 Å². The van der Waals surface area contributed by atoms with E-state index in [1.807, 2.05) is 0 Å². The number of carbonyl (C=O) groups excluding carboxylic acids is 1. The summed E-state index contributed by atoms with van der Waals surface area (Å²) in [6, 6.07) is 0. The summed E-state index contributed by atoms with van der Waals surface area (Å²) in [4.78, 5) is 12.0. The second-order valence-electron chi connectivity index (χ2n) is 8.49. The molecule has 1 spiro atoms. The fourth-order valence-electron chi connectivity index (χ4n) is 4.44. The van der Waals surface area contributed by atoms with Crippen LogP contribution in [0.3, 0.4) is 0 Å². The number of ketones is 1. The zero-order chi connectivity index (χ0) is 15.1. The van der Waals surface area contributed by atoms with Crippen LogP contribution in [0.1, 0.15) is 52.9 Å². The van der Waals surface area contributed by atoms with Crippen molar-refractivity contribution in [1.29, 1.82) is 0 Å². The molecule has 0 saturated heterocycles. The Morgan fingerprint density at radius 2 is 1.90 bits per heavy atom. The highest BCUT2D eigenvalue weighted by Gasteiger charge is 2.55. The number of Topliss-reactive ketones (excluding diaryl/α,β-unsaturated/α-hetero) is 1. The molecule has 0 aromatic carbocycles. The Labute approximate surface area is 125 Å². The van der Waals surface area contributed by atoms with E-state index in [-0.39, 0.29) is 5.41 Å². The van der Waals surface area contributed by atoms with Crippen molar-refractivity contribution in [3.8, 4) is 0 Å². The topological polar surface area (TPSA) is 26.3 Å². The van der Waals surface area contributed by atoms with Gasteiger partial charge in [0.25, 0.3) is 0 Å². The van der Waals surface area contributed by atoms with Gasteiger partial charge in [-0.2, -0.15) is 0 Å².